The minimum atomic E-state index is -2.95. The summed E-state index contributed by atoms with van der Waals surface area (Å²) in [5, 5.41) is 42.9. The first-order valence-corrected chi connectivity index (χ1v) is 21.6. The van der Waals surface area contributed by atoms with E-state index in [0.29, 0.717) is 24.0 Å². The van der Waals surface area contributed by atoms with E-state index in [1.807, 2.05) is 0 Å². The summed E-state index contributed by atoms with van der Waals surface area (Å²) < 4.78 is 26.8. The first kappa shape index (κ1) is 53.5. The molecule has 6 unspecified atom stereocenters. The molecule has 0 saturated heterocycles. The average Bonchev–Trinajstić information content (AvgIpc) is 3.25. The Bertz CT molecular complexity index is 1960. The lowest BCUT2D eigenvalue weighted by molar-refractivity contribution is -0.141. The van der Waals surface area contributed by atoms with Gasteiger partial charge < -0.3 is 47.2 Å². The van der Waals surface area contributed by atoms with Crippen LogP contribution in [0.4, 0.5) is 8.78 Å². The molecule has 1 saturated carbocycles. The quantitative estimate of drug-likeness (QED) is 0.0622. The van der Waals surface area contributed by atoms with Gasteiger partial charge in [-0.15, -0.1) is 0 Å². The minimum Gasteiger partial charge on any atom is -0.481 e. The van der Waals surface area contributed by atoms with Gasteiger partial charge in [-0.3, -0.25) is 47.9 Å². The smallest absolute Gasteiger partial charge is 0.305 e. The normalized spacial score (nSPS) is 15.4. The molecule has 21 heteroatoms. The first-order chi connectivity index (χ1) is 31.2. The maximum atomic E-state index is 14.8. The lowest BCUT2D eigenvalue weighted by Crippen LogP contribution is -2.60. The van der Waals surface area contributed by atoms with Crippen molar-refractivity contribution in [3.05, 3.63) is 71.8 Å². The van der Waals surface area contributed by atoms with Gasteiger partial charge in [-0.25, -0.2) is 8.78 Å². The third-order valence-corrected chi connectivity index (χ3v) is 11.0. The zero-order chi connectivity index (χ0) is 48.9. The van der Waals surface area contributed by atoms with Crippen molar-refractivity contribution < 1.29 is 72.0 Å². The lowest BCUT2D eigenvalue weighted by Gasteiger charge is -2.32. The third-order valence-electron chi connectivity index (χ3n) is 11.0. The molecule has 360 valence electrons. The molecule has 2 aromatic rings. The van der Waals surface area contributed by atoms with Crippen LogP contribution in [0, 0.1) is 5.92 Å². The van der Waals surface area contributed by atoms with Gasteiger partial charge in [0.15, 0.2) is 5.78 Å². The lowest BCUT2D eigenvalue weighted by atomic mass is 9.84. The van der Waals surface area contributed by atoms with Gasteiger partial charge in [0.1, 0.15) is 30.2 Å². The number of carboxylic acid groups (broad SMARTS) is 3. The number of nitrogens with one attached hydrogen (secondary N) is 6. The van der Waals surface area contributed by atoms with Crippen molar-refractivity contribution in [3.63, 3.8) is 0 Å². The van der Waals surface area contributed by atoms with Gasteiger partial charge in [0.25, 0.3) is 0 Å². The molecule has 0 spiro atoms. The Morgan fingerprint density at radius 1 is 0.545 bits per heavy atom. The van der Waals surface area contributed by atoms with Gasteiger partial charge in [-0.1, -0.05) is 92.8 Å². The maximum absolute atomic E-state index is 14.8. The second-order valence-electron chi connectivity index (χ2n) is 16.2. The topological polar surface area (TPSA) is 304 Å². The third kappa shape index (κ3) is 18.4. The van der Waals surface area contributed by atoms with Gasteiger partial charge in [-0.2, -0.15) is 0 Å². The summed E-state index contributed by atoms with van der Waals surface area (Å²) in [6.45, 7) is 2.04. The highest BCUT2D eigenvalue weighted by Gasteiger charge is 2.39. The fourth-order valence-electron chi connectivity index (χ4n) is 7.73. The molecule has 19 nitrogen and oxygen atoms in total. The number of carbonyl (C=O) groups is 10. The Balaban J connectivity index is 2.11. The Labute approximate surface area is 379 Å². The fourth-order valence-corrected chi connectivity index (χ4v) is 7.73. The van der Waals surface area contributed by atoms with Gasteiger partial charge in [0.2, 0.25) is 41.9 Å². The van der Waals surface area contributed by atoms with Crippen LogP contribution >= 0.6 is 0 Å². The molecule has 1 aliphatic rings. The van der Waals surface area contributed by atoms with Crippen LogP contribution < -0.4 is 31.9 Å². The number of carbonyl (C=O) groups excluding carboxylic acids is 7. The van der Waals surface area contributed by atoms with E-state index in [4.69, 9.17) is 0 Å². The van der Waals surface area contributed by atoms with E-state index < -0.39 is 146 Å². The molecule has 1 fully saturated rings. The number of aliphatic carboxylic acids is 3. The predicted octanol–water partition coefficient (Wildman–Crippen LogP) is 2.17. The monoisotopic (exact) mass is 928 g/mol. The summed E-state index contributed by atoms with van der Waals surface area (Å²) in [6, 6.07) is 6.53. The zero-order valence-electron chi connectivity index (χ0n) is 36.6. The molecule has 0 bridgehead atoms. The molecular weight excluding hydrogens is 871 g/mol. The summed E-state index contributed by atoms with van der Waals surface area (Å²) in [4.78, 5) is 130. The van der Waals surface area contributed by atoms with Gasteiger partial charge in [-0.05, 0) is 43.2 Å². The van der Waals surface area contributed by atoms with Crippen LogP contribution in [0.3, 0.4) is 0 Å². The molecule has 3 rings (SSSR count). The first-order valence-electron chi connectivity index (χ1n) is 21.6. The summed E-state index contributed by atoms with van der Waals surface area (Å²) in [7, 11) is 0. The standard InChI is InChI=1S/C45H58F2N6O13/c1-25(54)32(23-35(46)47)51-43(64)33(22-27-12-6-3-7-13-27)52-41(62)30(18-20-36(56)57)50-45(66)40(39(28-14-8-4-9-15-28)29-16-10-5-11-17-29)53-42(63)31(19-21-37(58)59)49-44(65)34(24-38(60)61)48-26(2)55/h4-5,8-11,14-17,27,30-35,39-40H,3,6-7,12-13,18-24H2,1-2H3,(H,48,55)(H,49,65)(H,50,66)(H,51,64)(H,52,62)(H,53,63)(H,56,57)(H,58,59)(H,60,61). The number of alkyl halides is 2. The SMILES string of the molecule is CC(=O)NC(CC(=O)O)C(=O)NC(CCC(=O)O)C(=O)NC(C(=O)NC(CCC(=O)O)C(=O)NC(CC1CCCCC1)C(=O)NC(CC(F)F)C(C)=O)C(c1ccccc1)c1ccccc1. The van der Waals surface area contributed by atoms with Crippen molar-refractivity contribution in [3.8, 4) is 0 Å². The number of halogens is 2. The molecule has 66 heavy (non-hydrogen) atoms. The number of hydrogen-bond acceptors (Lipinski definition) is 10. The number of ketones is 1. The number of amides is 6. The number of benzene rings is 2. The van der Waals surface area contributed by atoms with E-state index in [0.717, 1.165) is 33.1 Å². The van der Waals surface area contributed by atoms with E-state index in [9.17, 15) is 72.0 Å². The van der Waals surface area contributed by atoms with Gasteiger partial charge >= 0.3 is 17.9 Å². The van der Waals surface area contributed by atoms with Gasteiger partial charge in [0, 0.05) is 32.1 Å². The summed E-state index contributed by atoms with van der Waals surface area (Å²) in [6.07, 6.45) is -3.44. The van der Waals surface area contributed by atoms with Crippen LogP contribution in [0.25, 0.3) is 0 Å². The summed E-state index contributed by atoms with van der Waals surface area (Å²) in [5.74, 6) is -12.4. The molecule has 0 aliphatic heterocycles. The van der Waals surface area contributed by atoms with Crippen molar-refractivity contribution in [1.29, 1.82) is 0 Å². The highest BCUT2D eigenvalue weighted by Crippen LogP contribution is 2.30. The van der Waals surface area contributed by atoms with Crippen LogP contribution in [0.2, 0.25) is 0 Å². The molecule has 6 atom stereocenters. The highest BCUT2D eigenvalue weighted by atomic mass is 19.3. The second-order valence-corrected chi connectivity index (χ2v) is 16.2. The van der Waals surface area contributed by atoms with Crippen molar-refractivity contribution in [2.24, 2.45) is 5.92 Å². The minimum absolute atomic E-state index is 0.0257. The molecule has 0 aromatic heterocycles. The van der Waals surface area contributed by atoms with Gasteiger partial charge in [0.05, 0.1) is 12.5 Å². The number of Topliss-reactive ketones (excluding diaryl/α,β-unsaturated/α-hetero) is 1. The Hall–Kier alpha value is -6.80. The summed E-state index contributed by atoms with van der Waals surface area (Å²) >= 11 is 0. The number of rotatable bonds is 27. The Kier molecular flexibility index (Phi) is 21.8. The van der Waals surface area contributed by atoms with E-state index in [1.165, 1.54) is 0 Å². The molecule has 0 radical (unpaired) electrons. The van der Waals surface area contributed by atoms with E-state index in [2.05, 4.69) is 31.9 Å². The fraction of sp³-hybridized carbons (Fsp3) is 0.511. The van der Waals surface area contributed by atoms with Crippen LogP contribution in [-0.2, 0) is 47.9 Å². The molecule has 6 amide bonds. The molecule has 9 N–H and O–H groups in total. The Morgan fingerprint density at radius 3 is 1.44 bits per heavy atom. The Morgan fingerprint density at radius 2 is 0.985 bits per heavy atom. The van der Waals surface area contributed by atoms with Crippen molar-refractivity contribution >= 4 is 59.1 Å². The van der Waals surface area contributed by atoms with E-state index in [1.54, 1.807) is 60.7 Å². The van der Waals surface area contributed by atoms with E-state index in [-0.39, 0.29) is 12.3 Å². The van der Waals surface area contributed by atoms with Crippen LogP contribution in [-0.4, -0.2) is 117 Å². The number of carboxylic acids is 3. The largest absolute Gasteiger partial charge is 0.481 e. The van der Waals surface area contributed by atoms with Crippen LogP contribution in [0.15, 0.2) is 60.7 Å². The van der Waals surface area contributed by atoms with Crippen molar-refractivity contribution in [1.82, 2.24) is 31.9 Å². The van der Waals surface area contributed by atoms with Crippen LogP contribution in [0.5, 0.6) is 0 Å². The molecule has 1 aliphatic carbocycles. The zero-order valence-corrected chi connectivity index (χ0v) is 36.6. The molecule has 0 heterocycles. The predicted molar refractivity (Wildman–Crippen MR) is 230 cm³/mol. The highest BCUT2D eigenvalue weighted by molar-refractivity contribution is 5.98. The van der Waals surface area contributed by atoms with E-state index >= 15 is 0 Å². The second kappa shape index (κ2) is 26.9. The molecular formula is C45H58F2N6O13. The van der Waals surface area contributed by atoms with Crippen LogP contribution in [0.1, 0.15) is 108 Å². The maximum Gasteiger partial charge on any atom is 0.305 e. The average molecular weight is 929 g/mol. The number of hydrogen-bond donors (Lipinski definition) is 9. The van der Waals surface area contributed by atoms with Crippen molar-refractivity contribution in [2.75, 3.05) is 0 Å². The molecule has 2 aromatic carbocycles. The van der Waals surface area contributed by atoms with Crippen molar-refractivity contribution in [2.45, 2.75) is 139 Å². The summed E-state index contributed by atoms with van der Waals surface area (Å²) in [5.41, 5.74) is 0.865.